The van der Waals surface area contributed by atoms with Gasteiger partial charge in [0.1, 0.15) is 12.2 Å². The summed E-state index contributed by atoms with van der Waals surface area (Å²) in [5.41, 5.74) is 2.08. The summed E-state index contributed by atoms with van der Waals surface area (Å²) in [6.07, 6.45) is 1.93. The van der Waals surface area contributed by atoms with Crippen LogP contribution in [0.3, 0.4) is 0 Å². The van der Waals surface area contributed by atoms with Gasteiger partial charge in [-0.15, -0.1) is 0 Å². The lowest BCUT2D eigenvalue weighted by molar-refractivity contribution is -0.0566. The first-order valence-electron chi connectivity index (χ1n) is 9.28. The number of aromatic nitrogens is 1. The molecule has 4 heteroatoms. The minimum atomic E-state index is -0.240. The number of para-hydroxylation sites is 1. The molecule has 1 spiro atoms. The predicted molar refractivity (Wildman–Crippen MR) is 102 cm³/mol. The average Bonchev–Trinajstić information content (AvgIpc) is 2.69. The molecule has 0 aliphatic carbocycles. The Morgan fingerprint density at radius 2 is 1.73 bits per heavy atom. The number of piperidine rings is 1. The second-order valence-corrected chi connectivity index (χ2v) is 7.32. The van der Waals surface area contributed by atoms with E-state index in [4.69, 9.17) is 14.5 Å². The van der Waals surface area contributed by atoms with E-state index >= 15 is 0 Å². The van der Waals surface area contributed by atoms with Gasteiger partial charge in [-0.3, -0.25) is 4.90 Å². The van der Waals surface area contributed by atoms with Crippen molar-refractivity contribution in [3.63, 3.8) is 0 Å². The van der Waals surface area contributed by atoms with Crippen molar-refractivity contribution in [3.05, 3.63) is 66.2 Å². The molecule has 2 aliphatic rings. The molecule has 1 fully saturated rings. The van der Waals surface area contributed by atoms with E-state index in [1.807, 2.05) is 24.3 Å². The van der Waals surface area contributed by atoms with Gasteiger partial charge in [-0.1, -0.05) is 48.5 Å². The van der Waals surface area contributed by atoms with Crippen LogP contribution in [-0.4, -0.2) is 35.2 Å². The topological polar surface area (TPSA) is 34.6 Å². The number of pyridine rings is 1. The van der Waals surface area contributed by atoms with E-state index in [1.54, 1.807) is 0 Å². The molecule has 4 nitrogen and oxygen atoms in total. The monoisotopic (exact) mass is 346 g/mol. The maximum Gasteiger partial charge on any atom is 0.258 e. The Bertz CT molecular complexity index is 918. The van der Waals surface area contributed by atoms with Crippen molar-refractivity contribution >= 4 is 10.9 Å². The first-order valence-corrected chi connectivity index (χ1v) is 9.28. The van der Waals surface area contributed by atoms with Gasteiger partial charge < -0.3 is 9.47 Å². The number of nitrogens with zero attached hydrogens (tertiary/aromatic N) is 2. The van der Waals surface area contributed by atoms with Crippen molar-refractivity contribution < 1.29 is 9.47 Å². The number of fused-ring (bicyclic) bond motifs is 2. The molecule has 0 saturated carbocycles. The van der Waals surface area contributed by atoms with Gasteiger partial charge in [-0.25, -0.2) is 4.98 Å². The quantitative estimate of drug-likeness (QED) is 0.701. The van der Waals surface area contributed by atoms with Crippen LogP contribution in [-0.2, 0) is 6.54 Å². The normalized spacial score (nSPS) is 18.9. The fourth-order valence-corrected chi connectivity index (χ4v) is 3.91. The summed E-state index contributed by atoms with van der Waals surface area (Å²) in [5.74, 6) is 1.41. The predicted octanol–water partition coefficient (Wildman–Crippen LogP) is 4.04. The number of rotatable bonds is 2. The number of hydrogen-bond acceptors (Lipinski definition) is 4. The summed E-state index contributed by atoms with van der Waals surface area (Å²) < 4.78 is 12.5. The van der Waals surface area contributed by atoms with E-state index in [1.165, 1.54) is 5.56 Å². The highest BCUT2D eigenvalue weighted by atomic mass is 16.6. The summed E-state index contributed by atoms with van der Waals surface area (Å²) in [5, 5.41) is 1.09. The highest BCUT2D eigenvalue weighted by molar-refractivity contribution is 5.81. The van der Waals surface area contributed by atoms with Crippen LogP contribution in [0, 0.1) is 0 Å². The molecule has 0 N–H and O–H groups in total. The van der Waals surface area contributed by atoms with E-state index in [0.29, 0.717) is 12.5 Å². The Morgan fingerprint density at radius 3 is 2.58 bits per heavy atom. The lowest BCUT2D eigenvalue weighted by Gasteiger charge is -2.43. The first-order chi connectivity index (χ1) is 12.8. The first kappa shape index (κ1) is 15.6. The van der Waals surface area contributed by atoms with Crippen LogP contribution in [0.15, 0.2) is 60.7 Å². The van der Waals surface area contributed by atoms with E-state index in [0.717, 1.165) is 49.1 Å². The third-order valence-electron chi connectivity index (χ3n) is 5.48. The van der Waals surface area contributed by atoms with Gasteiger partial charge in [0.15, 0.2) is 5.75 Å². The number of ether oxygens (including phenoxy) is 2. The Hall–Kier alpha value is -2.59. The highest BCUT2D eigenvalue weighted by Crippen LogP contribution is 2.39. The van der Waals surface area contributed by atoms with Crippen LogP contribution < -0.4 is 9.47 Å². The zero-order valence-electron chi connectivity index (χ0n) is 14.7. The van der Waals surface area contributed by atoms with Crippen LogP contribution in [0.4, 0.5) is 0 Å². The zero-order chi connectivity index (χ0) is 17.4. The van der Waals surface area contributed by atoms with Crippen molar-refractivity contribution in [1.29, 1.82) is 0 Å². The minimum absolute atomic E-state index is 0.240. The van der Waals surface area contributed by atoms with E-state index in [-0.39, 0.29) is 5.60 Å². The van der Waals surface area contributed by atoms with Gasteiger partial charge in [0.05, 0.1) is 5.52 Å². The molecule has 3 aromatic rings. The highest BCUT2D eigenvalue weighted by Gasteiger charge is 2.41. The Balaban J connectivity index is 1.31. The third-order valence-corrected chi connectivity index (χ3v) is 5.48. The molecule has 1 saturated heterocycles. The van der Waals surface area contributed by atoms with E-state index < -0.39 is 0 Å². The molecule has 0 bridgehead atoms. The molecule has 2 aliphatic heterocycles. The molecule has 5 rings (SSSR count). The largest absolute Gasteiger partial charge is 0.484 e. The summed E-state index contributed by atoms with van der Waals surface area (Å²) in [6, 6.07) is 20.8. The molecule has 1 aromatic heterocycles. The van der Waals surface area contributed by atoms with Gasteiger partial charge in [0.25, 0.3) is 5.88 Å². The van der Waals surface area contributed by atoms with E-state index in [9.17, 15) is 0 Å². The molecule has 0 radical (unpaired) electrons. The van der Waals surface area contributed by atoms with Gasteiger partial charge in [0, 0.05) is 37.9 Å². The van der Waals surface area contributed by atoms with Crippen LogP contribution >= 0.6 is 0 Å². The molecular weight excluding hydrogens is 324 g/mol. The maximum atomic E-state index is 6.40. The second kappa shape index (κ2) is 6.29. The molecular formula is C22H22N2O2. The molecule has 132 valence electrons. The lowest BCUT2D eigenvalue weighted by Crippen LogP contribution is -2.53. The van der Waals surface area contributed by atoms with Crippen LogP contribution in [0.2, 0.25) is 0 Å². The molecule has 26 heavy (non-hydrogen) atoms. The average molecular weight is 346 g/mol. The van der Waals surface area contributed by atoms with Gasteiger partial charge in [-0.2, -0.15) is 0 Å². The lowest BCUT2D eigenvalue weighted by atomic mass is 9.91. The fourth-order valence-electron chi connectivity index (χ4n) is 3.91. The molecule has 0 atom stereocenters. The summed E-state index contributed by atoms with van der Waals surface area (Å²) in [4.78, 5) is 7.18. The van der Waals surface area contributed by atoms with Gasteiger partial charge in [0.2, 0.25) is 0 Å². The van der Waals surface area contributed by atoms with Crippen molar-refractivity contribution in [2.24, 2.45) is 0 Å². The van der Waals surface area contributed by atoms with Crippen molar-refractivity contribution in [2.45, 2.75) is 25.0 Å². The van der Waals surface area contributed by atoms with Gasteiger partial charge >= 0.3 is 0 Å². The molecule has 3 heterocycles. The number of benzene rings is 2. The van der Waals surface area contributed by atoms with Crippen LogP contribution in [0.25, 0.3) is 10.9 Å². The summed E-state index contributed by atoms with van der Waals surface area (Å²) >= 11 is 0. The Kier molecular flexibility index (Phi) is 3.79. The van der Waals surface area contributed by atoms with Crippen molar-refractivity contribution in [2.75, 3.05) is 19.7 Å². The number of likely N-dealkylation sites (tertiary alicyclic amines) is 1. The summed E-state index contributed by atoms with van der Waals surface area (Å²) in [7, 11) is 0. The van der Waals surface area contributed by atoms with Crippen LogP contribution in [0.1, 0.15) is 18.4 Å². The zero-order valence-corrected chi connectivity index (χ0v) is 14.7. The number of hydrogen-bond donors (Lipinski definition) is 0. The SMILES string of the molecule is c1ccc(CN2CCC3(CC2)COc2cc4ccccc4nc2O3)cc1. The standard InChI is InChI=1S/C22H22N2O2/c1-2-6-17(7-3-1)15-24-12-10-22(11-13-24)16-25-20-14-18-8-4-5-9-19(18)23-21(20)26-22/h1-9,14H,10-13,15-16H2. The molecule has 0 amide bonds. The van der Waals surface area contributed by atoms with E-state index in [2.05, 4.69) is 41.3 Å². The smallest absolute Gasteiger partial charge is 0.258 e. The third kappa shape index (κ3) is 2.90. The van der Waals surface area contributed by atoms with Crippen LogP contribution in [0.5, 0.6) is 11.6 Å². The van der Waals surface area contributed by atoms with Gasteiger partial charge in [-0.05, 0) is 17.7 Å². The molecule has 2 aromatic carbocycles. The van der Waals surface area contributed by atoms with Crippen molar-refractivity contribution in [1.82, 2.24) is 9.88 Å². The Labute approximate surface area is 153 Å². The second-order valence-electron chi connectivity index (χ2n) is 7.32. The Morgan fingerprint density at radius 1 is 0.962 bits per heavy atom. The minimum Gasteiger partial charge on any atom is -0.484 e. The van der Waals surface area contributed by atoms with Crippen molar-refractivity contribution in [3.8, 4) is 11.6 Å². The summed E-state index contributed by atoms with van der Waals surface area (Å²) in [6.45, 7) is 3.64. The molecule has 0 unspecified atom stereocenters. The maximum absolute atomic E-state index is 6.40. The fraction of sp³-hybridized carbons (Fsp3) is 0.318.